The van der Waals surface area contributed by atoms with Crippen molar-refractivity contribution in [2.75, 3.05) is 65.8 Å². The molecule has 0 unspecified atom stereocenters. The van der Waals surface area contributed by atoms with Crippen LogP contribution in [-0.4, -0.2) is 101 Å². The number of hydrogen-bond acceptors (Lipinski definition) is 10. The van der Waals surface area contributed by atoms with Crippen LogP contribution in [0.25, 0.3) is 21.5 Å². The molecule has 14 heteroatoms. The van der Waals surface area contributed by atoms with E-state index in [4.69, 9.17) is 18.9 Å². The van der Waals surface area contributed by atoms with Crippen LogP contribution >= 0.6 is 0 Å². The van der Waals surface area contributed by atoms with Crippen molar-refractivity contribution in [3.8, 4) is 23.0 Å². The molecular formula is C49H54N2O10S2. The van der Waals surface area contributed by atoms with Crippen LogP contribution in [0.1, 0.15) is 28.7 Å². The second-order valence-corrected chi connectivity index (χ2v) is 19.5. The Kier molecular flexibility index (Phi) is 14.7. The van der Waals surface area contributed by atoms with Gasteiger partial charge in [-0.2, -0.15) is 8.61 Å². The van der Waals surface area contributed by atoms with E-state index in [1.165, 1.54) is 8.61 Å². The van der Waals surface area contributed by atoms with Gasteiger partial charge in [0.25, 0.3) is 0 Å². The Morgan fingerprint density at radius 3 is 1.33 bits per heavy atom. The Hall–Kier alpha value is -5.48. The largest absolute Gasteiger partial charge is 0.504 e. The fourth-order valence-electron chi connectivity index (χ4n) is 7.71. The van der Waals surface area contributed by atoms with Crippen molar-refractivity contribution >= 4 is 41.6 Å². The van der Waals surface area contributed by atoms with E-state index in [1.807, 2.05) is 62.4 Å². The molecule has 0 fully saturated rings. The monoisotopic (exact) mass is 894 g/mol. The fraction of sp³-hybridized carbons (Fsp3) is 0.306. The second kappa shape index (κ2) is 20.4. The van der Waals surface area contributed by atoms with Gasteiger partial charge in [-0.1, -0.05) is 96.1 Å². The maximum absolute atomic E-state index is 14.0. The van der Waals surface area contributed by atoms with E-state index >= 15 is 0 Å². The average molecular weight is 895 g/mol. The number of allylic oxidation sites excluding steroid dienone is 1. The molecule has 1 aliphatic rings. The first-order valence-electron chi connectivity index (χ1n) is 21.0. The minimum Gasteiger partial charge on any atom is -0.504 e. The number of rotatable bonds is 4. The summed E-state index contributed by atoms with van der Waals surface area (Å²) in [6.45, 7) is 8.56. The number of nitrogens with zero attached hydrogens (tertiary/aromatic N) is 2. The third-order valence-corrected chi connectivity index (χ3v) is 14.9. The molecule has 0 spiro atoms. The van der Waals surface area contributed by atoms with Gasteiger partial charge in [-0.05, 0) is 91.1 Å². The summed E-state index contributed by atoms with van der Waals surface area (Å²) >= 11 is 0. The summed E-state index contributed by atoms with van der Waals surface area (Å²) < 4.78 is 82.7. The lowest BCUT2D eigenvalue weighted by molar-refractivity contribution is 0.0889. The molecule has 4 bridgehead atoms. The topological polar surface area (TPSA) is 152 Å². The zero-order valence-corrected chi connectivity index (χ0v) is 37.3. The zero-order valence-electron chi connectivity index (χ0n) is 35.7. The quantitative estimate of drug-likeness (QED) is 0.167. The van der Waals surface area contributed by atoms with E-state index in [0.29, 0.717) is 11.1 Å². The Bertz CT molecular complexity index is 2590. The van der Waals surface area contributed by atoms with Crippen LogP contribution in [0.4, 0.5) is 0 Å². The van der Waals surface area contributed by atoms with Gasteiger partial charge in [-0.3, -0.25) is 0 Å². The second-order valence-electron chi connectivity index (χ2n) is 15.7. The van der Waals surface area contributed by atoms with E-state index in [1.54, 1.807) is 60.7 Å². The van der Waals surface area contributed by atoms with Crippen LogP contribution in [0.15, 0.2) is 131 Å². The molecule has 7 rings (SSSR count). The first kappa shape index (κ1) is 45.5. The number of benzene rings is 6. The maximum atomic E-state index is 14.0. The molecule has 0 saturated heterocycles. The predicted octanol–water partition coefficient (Wildman–Crippen LogP) is 7.94. The molecule has 63 heavy (non-hydrogen) atoms. The lowest BCUT2D eigenvalue weighted by Crippen LogP contribution is -2.39. The minimum absolute atomic E-state index is 0.00438. The number of aryl methyl sites for hydroxylation is 2. The normalized spacial score (nSPS) is 16.6. The number of sulfonamides is 2. The van der Waals surface area contributed by atoms with Crippen molar-refractivity contribution in [3.05, 3.63) is 144 Å². The van der Waals surface area contributed by atoms with E-state index in [0.717, 1.165) is 38.2 Å². The van der Waals surface area contributed by atoms with Gasteiger partial charge in [0.2, 0.25) is 20.0 Å². The molecule has 0 saturated carbocycles. The fourth-order valence-corrected chi connectivity index (χ4v) is 10.6. The number of hydrogen-bond donors (Lipinski definition) is 2. The highest BCUT2D eigenvalue weighted by Crippen LogP contribution is 2.41. The lowest BCUT2D eigenvalue weighted by atomic mass is 9.92. The van der Waals surface area contributed by atoms with Crippen LogP contribution in [-0.2, 0) is 42.4 Å². The molecule has 0 radical (unpaired) electrons. The summed E-state index contributed by atoms with van der Waals surface area (Å²) in [5.74, 6) is 0.467. The van der Waals surface area contributed by atoms with Gasteiger partial charge in [0.15, 0.2) is 23.0 Å². The standard InChI is InChI=1S/C49H54N2O10S2/c1-35-13-17-40(18-14-35)62(54,55)50-21-8-22-51(63(56,57)41-19-15-36(2)16-20-41)24-26-59-28-30-61-47-34-39-10-5-7-12-43(39)45(49(47)53)32-37(3)31-44-42-11-6-4-9-38(42)33-46(48(44)52)60-29-27-58-25-23-50/h4-7,9-20,33-34,52-53H,3,8,21-32H2,1-2H3. The highest BCUT2D eigenvalue weighted by Gasteiger charge is 2.28. The zero-order chi connectivity index (χ0) is 44.6. The van der Waals surface area contributed by atoms with Crippen molar-refractivity contribution < 1.29 is 46.0 Å². The maximum Gasteiger partial charge on any atom is 0.243 e. The molecule has 0 atom stereocenters. The van der Waals surface area contributed by atoms with E-state index in [9.17, 15) is 27.0 Å². The average Bonchev–Trinajstić information content (AvgIpc) is 3.27. The van der Waals surface area contributed by atoms with E-state index < -0.39 is 20.0 Å². The Balaban J connectivity index is 1.17. The van der Waals surface area contributed by atoms with Gasteiger partial charge >= 0.3 is 0 Å². The molecule has 0 amide bonds. The number of ether oxygens (including phenoxy) is 4. The SMILES string of the molecule is C=C1Cc2c(O)c(cc3ccccc23)OCCOCCN(S(=O)(=O)c2ccc(C)cc2)CCCN(S(=O)(=O)c2ccc(C)cc2)CCOCCOc2cc3ccccc3c(c2O)C1. The number of phenolic OH excluding ortho intramolecular Hbond substituents is 2. The molecule has 332 valence electrons. The first-order chi connectivity index (χ1) is 30.3. The molecule has 6 aromatic carbocycles. The molecule has 0 aromatic heterocycles. The van der Waals surface area contributed by atoms with Gasteiger partial charge in [0, 0.05) is 37.3 Å². The summed E-state index contributed by atoms with van der Waals surface area (Å²) in [5.41, 5.74) is 3.81. The van der Waals surface area contributed by atoms with Crippen molar-refractivity contribution in [3.63, 3.8) is 0 Å². The highest BCUT2D eigenvalue weighted by atomic mass is 32.2. The molecule has 12 nitrogen and oxygen atoms in total. The predicted molar refractivity (Wildman–Crippen MR) is 245 cm³/mol. The van der Waals surface area contributed by atoms with Gasteiger partial charge in [0.05, 0.1) is 36.2 Å². The molecule has 1 heterocycles. The number of phenols is 2. The number of aromatic hydroxyl groups is 2. The summed E-state index contributed by atoms with van der Waals surface area (Å²) in [5, 5.41) is 26.7. The molecule has 1 aliphatic heterocycles. The van der Waals surface area contributed by atoms with Crippen molar-refractivity contribution in [2.24, 2.45) is 0 Å². The van der Waals surface area contributed by atoms with Crippen molar-refractivity contribution in [2.45, 2.75) is 42.9 Å². The summed E-state index contributed by atoms with van der Waals surface area (Å²) in [7, 11) is -7.98. The van der Waals surface area contributed by atoms with Crippen LogP contribution in [0.5, 0.6) is 23.0 Å². The van der Waals surface area contributed by atoms with Gasteiger partial charge in [-0.25, -0.2) is 16.8 Å². The van der Waals surface area contributed by atoms with Gasteiger partial charge in [-0.15, -0.1) is 0 Å². The Morgan fingerprint density at radius 1 is 0.524 bits per heavy atom. The summed E-state index contributed by atoms with van der Waals surface area (Å²) in [6.07, 6.45) is 0.755. The van der Waals surface area contributed by atoms with Crippen LogP contribution < -0.4 is 9.47 Å². The summed E-state index contributed by atoms with van der Waals surface area (Å²) in [4.78, 5) is 0.240. The smallest absolute Gasteiger partial charge is 0.243 e. The lowest BCUT2D eigenvalue weighted by Gasteiger charge is -2.26. The van der Waals surface area contributed by atoms with Gasteiger partial charge in [0.1, 0.15) is 13.2 Å². The van der Waals surface area contributed by atoms with Crippen molar-refractivity contribution in [1.82, 2.24) is 8.61 Å². The van der Waals surface area contributed by atoms with Gasteiger partial charge < -0.3 is 29.2 Å². The van der Waals surface area contributed by atoms with Crippen molar-refractivity contribution in [1.29, 1.82) is 0 Å². The van der Waals surface area contributed by atoms with E-state index in [2.05, 4.69) is 6.58 Å². The number of fused-ring (bicyclic) bond motifs is 8. The molecule has 2 N–H and O–H groups in total. The molecule has 0 aliphatic carbocycles. The molecular weight excluding hydrogens is 841 g/mol. The third kappa shape index (κ3) is 10.8. The third-order valence-electron chi connectivity index (χ3n) is 11.1. The summed E-state index contributed by atoms with van der Waals surface area (Å²) in [6, 6.07) is 32.1. The highest BCUT2D eigenvalue weighted by molar-refractivity contribution is 7.89. The van der Waals surface area contributed by atoms with Crippen LogP contribution in [0, 0.1) is 13.8 Å². The van der Waals surface area contributed by atoms with Crippen LogP contribution in [0.2, 0.25) is 0 Å². The first-order valence-corrected chi connectivity index (χ1v) is 23.9. The van der Waals surface area contributed by atoms with E-state index in [-0.39, 0.29) is 118 Å². The van der Waals surface area contributed by atoms with Crippen LogP contribution in [0.3, 0.4) is 0 Å². The Morgan fingerprint density at radius 2 is 0.921 bits per heavy atom. The molecule has 6 aromatic rings. The minimum atomic E-state index is -3.99. The Labute approximate surface area is 370 Å².